The monoisotopic (exact) mass is 170 g/mol. The van der Waals surface area contributed by atoms with Crippen LogP contribution in [0.4, 0.5) is 0 Å². The summed E-state index contributed by atoms with van der Waals surface area (Å²) in [6.45, 7) is 2.65. The summed E-state index contributed by atoms with van der Waals surface area (Å²) in [6.07, 6.45) is 4.47. The average molecular weight is 170 g/mol. The Labute approximate surface area is 72.4 Å². The maximum Gasteiger partial charge on any atom is 0.305 e. The first kappa shape index (κ1) is 9.26. The molecule has 0 amide bonds. The van der Waals surface area contributed by atoms with Crippen molar-refractivity contribution in [3.8, 4) is 0 Å². The second kappa shape index (κ2) is 4.26. The Morgan fingerprint density at radius 2 is 2.58 bits per heavy atom. The van der Waals surface area contributed by atoms with Gasteiger partial charge in [-0.3, -0.25) is 4.79 Å². The first-order chi connectivity index (χ1) is 5.74. The van der Waals surface area contributed by atoms with Crippen molar-refractivity contribution in [2.24, 2.45) is 5.92 Å². The van der Waals surface area contributed by atoms with Crippen molar-refractivity contribution in [1.29, 1.82) is 0 Å². The highest BCUT2D eigenvalue weighted by atomic mass is 16.5. The van der Waals surface area contributed by atoms with Crippen molar-refractivity contribution in [2.75, 3.05) is 13.7 Å². The van der Waals surface area contributed by atoms with Crippen molar-refractivity contribution in [3.63, 3.8) is 0 Å². The Bertz CT molecular complexity index is 186. The third-order valence-electron chi connectivity index (χ3n) is 1.99. The minimum atomic E-state index is -0.175. The molecule has 0 N–H and O–H groups in total. The number of rotatable bonds is 3. The molecule has 1 heterocycles. The molecule has 12 heavy (non-hydrogen) atoms. The zero-order chi connectivity index (χ0) is 8.97. The quantitative estimate of drug-likeness (QED) is 0.470. The molecule has 1 rings (SSSR count). The fraction of sp³-hybridized carbons (Fsp3) is 0.667. The van der Waals surface area contributed by atoms with Gasteiger partial charge in [0, 0.05) is 0 Å². The maximum absolute atomic E-state index is 10.9. The molecular formula is C9H14O3. The van der Waals surface area contributed by atoms with Gasteiger partial charge in [-0.15, -0.1) is 0 Å². The van der Waals surface area contributed by atoms with Crippen LogP contribution in [-0.2, 0) is 14.3 Å². The molecule has 1 aliphatic rings. The molecular weight excluding hydrogens is 156 g/mol. The SMILES string of the molecule is COC(=O)C[C@H](C)[C@H]1C=CCO1. The van der Waals surface area contributed by atoms with Crippen LogP contribution in [0.15, 0.2) is 12.2 Å². The van der Waals surface area contributed by atoms with Crippen LogP contribution in [0.2, 0.25) is 0 Å². The standard InChI is InChI=1S/C9H14O3/c1-7(6-9(10)11-2)8-4-3-5-12-8/h3-4,7-8H,5-6H2,1-2H3/t7-,8+/m0/s1. The van der Waals surface area contributed by atoms with E-state index in [-0.39, 0.29) is 18.0 Å². The van der Waals surface area contributed by atoms with Crippen LogP contribution >= 0.6 is 0 Å². The Balaban J connectivity index is 2.32. The van der Waals surface area contributed by atoms with Gasteiger partial charge in [-0.25, -0.2) is 0 Å². The lowest BCUT2D eigenvalue weighted by Crippen LogP contribution is -2.19. The van der Waals surface area contributed by atoms with Crippen molar-refractivity contribution < 1.29 is 14.3 Å². The largest absolute Gasteiger partial charge is 0.469 e. The summed E-state index contributed by atoms with van der Waals surface area (Å²) < 4.78 is 9.90. The number of ether oxygens (including phenoxy) is 2. The van der Waals surface area contributed by atoms with Crippen molar-refractivity contribution >= 4 is 5.97 Å². The lowest BCUT2D eigenvalue weighted by atomic mass is 10.0. The first-order valence-corrected chi connectivity index (χ1v) is 4.09. The van der Waals surface area contributed by atoms with Crippen LogP contribution in [0.3, 0.4) is 0 Å². The number of carbonyl (C=O) groups excluding carboxylic acids is 1. The summed E-state index contributed by atoms with van der Waals surface area (Å²) in [4.78, 5) is 10.9. The molecule has 0 unspecified atom stereocenters. The lowest BCUT2D eigenvalue weighted by Gasteiger charge is -2.15. The zero-order valence-electron chi connectivity index (χ0n) is 7.45. The summed E-state index contributed by atoms with van der Waals surface area (Å²) >= 11 is 0. The minimum absolute atomic E-state index is 0.0871. The van der Waals surface area contributed by atoms with Gasteiger partial charge in [0.1, 0.15) is 0 Å². The summed E-state index contributed by atoms with van der Waals surface area (Å²) in [6, 6.07) is 0. The number of hydrogen-bond acceptors (Lipinski definition) is 3. The minimum Gasteiger partial charge on any atom is -0.469 e. The Hall–Kier alpha value is -0.830. The van der Waals surface area contributed by atoms with Gasteiger partial charge in [0.05, 0.1) is 26.2 Å². The van der Waals surface area contributed by atoms with Gasteiger partial charge in [-0.05, 0) is 5.92 Å². The summed E-state index contributed by atoms with van der Waals surface area (Å²) in [7, 11) is 1.40. The fourth-order valence-electron chi connectivity index (χ4n) is 1.23. The molecule has 0 aliphatic carbocycles. The Morgan fingerprint density at radius 1 is 1.83 bits per heavy atom. The molecule has 0 bridgehead atoms. The molecule has 3 heteroatoms. The molecule has 3 nitrogen and oxygen atoms in total. The van der Waals surface area contributed by atoms with Crippen LogP contribution in [-0.4, -0.2) is 25.8 Å². The number of methoxy groups -OCH3 is 1. The summed E-state index contributed by atoms with van der Waals surface area (Å²) in [5.74, 6) is 0.0302. The second-order valence-corrected chi connectivity index (χ2v) is 2.98. The molecule has 0 saturated heterocycles. The van der Waals surface area contributed by atoms with E-state index in [1.54, 1.807) is 0 Å². The van der Waals surface area contributed by atoms with E-state index in [1.165, 1.54) is 7.11 Å². The van der Waals surface area contributed by atoms with Crippen molar-refractivity contribution in [1.82, 2.24) is 0 Å². The van der Waals surface area contributed by atoms with Crippen molar-refractivity contribution in [2.45, 2.75) is 19.4 Å². The molecule has 0 saturated carbocycles. The van der Waals surface area contributed by atoms with E-state index in [1.807, 2.05) is 19.1 Å². The van der Waals surface area contributed by atoms with E-state index in [2.05, 4.69) is 4.74 Å². The maximum atomic E-state index is 10.9. The highest BCUT2D eigenvalue weighted by molar-refractivity contribution is 5.69. The predicted molar refractivity (Wildman–Crippen MR) is 44.7 cm³/mol. The smallest absolute Gasteiger partial charge is 0.305 e. The molecule has 0 aromatic rings. The second-order valence-electron chi connectivity index (χ2n) is 2.98. The van der Waals surface area contributed by atoms with E-state index in [4.69, 9.17) is 4.74 Å². The fourth-order valence-corrected chi connectivity index (χ4v) is 1.23. The number of esters is 1. The van der Waals surface area contributed by atoms with Crippen LogP contribution in [0.5, 0.6) is 0 Å². The average Bonchev–Trinajstić information content (AvgIpc) is 2.56. The predicted octanol–water partition coefficient (Wildman–Crippen LogP) is 1.14. The van der Waals surface area contributed by atoms with E-state index in [0.29, 0.717) is 13.0 Å². The van der Waals surface area contributed by atoms with Gasteiger partial charge in [0.25, 0.3) is 0 Å². The van der Waals surface area contributed by atoms with Gasteiger partial charge in [-0.2, -0.15) is 0 Å². The molecule has 0 radical (unpaired) electrons. The topological polar surface area (TPSA) is 35.5 Å². The third kappa shape index (κ3) is 2.34. The van der Waals surface area contributed by atoms with E-state index >= 15 is 0 Å². The molecule has 0 spiro atoms. The highest BCUT2D eigenvalue weighted by Gasteiger charge is 2.20. The van der Waals surface area contributed by atoms with Gasteiger partial charge in [0.15, 0.2) is 0 Å². The van der Waals surface area contributed by atoms with Gasteiger partial charge in [-0.1, -0.05) is 19.1 Å². The molecule has 2 atom stereocenters. The highest BCUT2D eigenvalue weighted by Crippen LogP contribution is 2.17. The van der Waals surface area contributed by atoms with Crippen LogP contribution in [0, 0.1) is 5.92 Å². The zero-order valence-corrected chi connectivity index (χ0v) is 7.45. The van der Waals surface area contributed by atoms with E-state index in [9.17, 15) is 4.79 Å². The Kier molecular flexibility index (Phi) is 3.29. The van der Waals surface area contributed by atoms with Gasteiger partial charge in [0.2, 0.25) is 0 Å². The molecule has 1 aliphatic heterocycles. The molecule has 0 fully saturated rings. The molecule has 0 aromatic heterocycles. The molecule has 68 valence electrons. The van der Waals surface area contributed by atoms with Crippen LogP contribution < -0.4 is 0 Å². The molecule has 0 aromatic carbocycles. The first-order valence-electron chi connectivity index (χ1n) is 4.09. The van der Waals surface area contributed by atoms with Gasteiger partial charge < -0.3 is 9.47 Å². The number of carbonyl (C=O) groups is 1. The number of hydrogen-bond donors (Lipinski definition) is 0. The summed E-state index contributed by atoms with van der Waals surface area (Å²) in [5, 5.41) is 0. The van der Waals surface area contributed by atoms with Crippen LogP contribution in [0.1, 0.15) is 13.3 Å². The van der Waals surface area contributed by atoms with Gasteiger partial charge >= 0.3 is 5.97 Å². The van der Waals surface area contributed by atoms with E-state index in [0.717, 1.165) is 0 Å². The summed E-state index contributed by atoms with van der Waals surface area (Å²) in [5.41, 5.74) is 0. The van der Waals surface area contributed by atoms with Crippen LogP contribution in [0.25, 0.3) is 0 Å². The lowest BCUT2D eigenvalue weighted by molar-refractivity contribution is -0.142. The third-order valence-corrected chi connectivity index (χ3v) is 1.99. The van der Waals surface area contributed by atoms with E-state index < -0.39 is 0 Å². The Morgan fingerprint density at radius 3 is 3.08 bits per heavy atom. The normalized spacial score (nSPS) is 24.0. The van der Waals surface area contributed by atoms with Crippen molar-refractivity contribution in [3.05, 3.63) is 12.2 Å².